The van der Waals surface area contributed by atoms with Gasteiger partial charge in [0.1, 0.15) is 6.42 Å². The highest BCUT2D eigenvalue weighted by molar-refractivity contribution is 5.75. The minimum atomic E-state index is -0.572. The second kappa shape index (κ2) is 7.43. The number of carbonyl (C=O) groups excluding carboxylic acids is 2. The Labute approximate surface area is 58.6 Å². The minimum Gasteiger partial charge on any atom is -0.370 e. The average molecular weight is 143 g/mol. The van der Waals surface area contributed by atoms with Gasteiger partial charge in [0.05, 0.1) is 6.07 Å². The van der Waals surface area contributed by atoms with Crippen molar-refractivity contribution in [1.29, 1.82) is 5.26 Å². The third-order valence-corrected chi connectivity index (χ3v) is 0.253. The summed E-state index contributed by atoms with van der Waals surface area (Å²) in [6.07, 6.45) is -0.181. The second-order valence-corrected chi connectivity index (χ2v) is 1.41. The second-order valence-electron chi connectivity index (χ2n) is 1.41. The summed E-state index contributed by atoms with van der Waals surface area (Å²) in [5, 5.41) is 7.69. The topological polar surface area (TPSA) is 110 Å². The maximum absolute atomic E-state index is 9.60. The first kappa shape index (κ1) is 11.3. The Morgan fingerprint density at radius 1 is 1.50 bits per heavy atom. The smallest absolute Gasteiger partial charge is 0.231 e. The summed E-state index contributed by atoms with van der Waals surface area (Å²) < 4.78 is 0. The summed E-state index contributed by atoms with van der Waals surface area (Å²) in [7, 11) is 0. The number of hydrogen-bond donors (Lipinski definition) is 2. The number of nitrogens with two attached hydrogens (primary N) is 2. The van der Waals surface area contributed by atoms with Crippen LogP contribution in [0.2, 0.25) is 0 Å². The molecule has 0 heterocycles. The SMILES string of the molecule is CC(N)=O.N#CCC(N)=O. The van der Waals surface area contributed by atoms with Crippen LogP contribution in [0.5, 0.6) is 0 Å². The summed E-state index contributed by atoms with van der Waals surface area (Å²) in [5.74, 6) is -0.905. The van der Waals surface area contributed by atoms with Crippen LogP contribution in [0.1, 0.15) is 13.3 Å². The van der Waals surface area contributed by atoms with Gasteiger partial charge in [-0.2, -0.15) is 5.26 Å². The molecule has 0 unspecified atom stereocenters. The predicted octanol–water partition coefficient (Wildman–Crippen LogP) is -1.12. The molecule has 0 spiro atoms. The van der Waals surface area contributed by atoms with Crippen molar-refractivity contribution in [2.75, 3.05) is 0 Å². The molecular formula is C5H9N3O2. The molecule has 0 radical (unpaired) electrons. The molecule has 0 aliphatic heterocycles. The lowest BCUT2D eigenvalue weighted by Crippen LogP contribution is -2.07. The third kappa shape index (κ3) is 92.7. The van der Waals surface area contributed by atoms with Crippen LogP contribution in [0.3, 0.4) is 0 Å². The van der Waals surface area contributed by atoms with Gasteiger partial charge >= 0.3 is 0 Å². The van der Waals surface area contributed by atoms with E-state index in [0.717, 1.165) is 0 Å². The first-order valence-electron chi connectivity index (χ1n) is 2.42. The molecule has 4 N–H and O–H groups in total. The zero-order valence-corrected chi connectivity index (χ0v) is 5.63. The fourth-order valence-corrected chi connectivity index (χ4v) is 0.0779. The molecule has 0 rings (SSSR count). The van der Waals surface area contributed by atoms with E-state index in [1.807, 2.05) is 0 Å². The lowest BCUT2D eigenvalue weighted by molar-refractivity contribution is -0.117. The summed E-state index contributed by atoms with van der Waals surface area (Å²) in [5.41, 5.74) is 9.01. The first-order valence-corrected chi connectivity index (χ1v) is 2.42. The number of amides is 2. The molecule has 0 fully saturated rings. The van der Waals surface area contributed by atoms with Gasteiger partial charge in [-0.15, -0.1) is 0 Å². The van der Waals surface area contributed by atoms with E-state index in [1.165, 1.54) is 6.92 Å². The van der Waals surface area contributed by atoms with Crippen molar-refractivity contribution in [2.45, 2.75) is 13.3 Å². The molecule has 10 heavy (non-hydrogen) atoms. The lowest BCUT2D eigenvalue weighted by Gasteiger charge is -1.71. The van der Waals surface area contributed by atoms with Crippen LogP contribution < -0.4 is 11.5 Å². The summed E-state index contributed by atoms with van der Waals surface area (Å²) in [6, 6.07) is 1.59. The Kier molecular flexibility index (Phi) is 8.36. The standard InChI is InChI=1S/C3H4N2O.C2H5NO/c4-2-1-3(5)6;1-2(3)4/h1H2,(H2,5,6);1H3,(H2,3,4). The number of primary amides is 2. The van der Waals surface area contributed by atoms with E-state index in [1.54, 1.807) is 6.07 Å². The molecule has 0 aromatic heterocycles. The zero-order chi connectivity index (χ0) is 8.57. The average Bonchev–Trinajstić information content (AvgIpc) is 1.62. The first-order chi connectivity index (χ1) is 4.50. The molecule has 0 bridgehead atoms. The quantitative estimate of drug-likeness (QED) is 0.484. The van der Waals surface area contributed by atoms with Crippen molar-refractivity contribution in [1.82, 2.24) is 0 Å². The van der Waals surface area contributed by atoms with Crippen LogP contribution in [0.25, 0.3) is 0 Å². The number of nitrogens with zero attached hydrogens (tertiary/aromatic N) is 1. The van der Waals surface area contributed by atoms with Gasteiger partial charge < -0.3 is 11.5 Å². The van der Waals surface area contributed by atoms with E-state index in [2.05, 4.69) is 11.5 Å². The van der Waals surface area contributed by atoms with Gasteiger partial charge in [-0.25, -0.2) is 0 Å². The van der Waals surface area contributed by atoms with E-state index in [0.29, 0.717) is 0 Å². The van der Waals surface area contributed by atoms with Crippen molar-refractivity contribution >= 4 is 11.8 Å². The largest absolute Gasteiger partial charge is 0.370 e. The molecule has 5 heteroatoms. The maximum atomic E-state index is 9.60. The highest BCUT2D eigenvalue weighted by Crippen LogP contribution is 1.64. The van der Waals surface area contributed by atoms with Crippen molar-refractivity contribution in [3.05, 3.63) is 0 Å². The van der Waals surface area contributed by atoms with Gasteiger partial charge in [-0.1, -0.05) is 0 Å². The Balaban J connectivity index is 0. The Bertz CT molecular complexity index is 155. The van der Waals surface area contributed by atoms with Crippen LogP contribution in [-0.4, -0.2) is 11.8 Å². The van der Waals surface area contributed by atoms with Crippen molar-refractivity contribution in [2.24, 2.45) is 11.5 Å². The molecule has 0 aliphatic carbocycles. The minimum absolute atomic E-state index is 0.181. The maximum Gasteiger partial charge on any atom is 0.231 e. The Morgan fingerprint density at radius 2 is 1.80 bits per heavy atom. The normalized spacial score (nSPS) is 6.40. The van der Waals surface area contributed by atoms with E-state index >= 15 is 0 Å². The van der Waals surface area contributed by atoms with Gasteiger partial charge in [0.15, 0.2) is 0 Å². The number of rotatable bonds is 1. The van der Waals surface area contributed by atoms with E-state index in [-0.39, 0.29) is 12.3 Å². The monoisotopic (exact) mass is 143 g/mol. The summed E-state index contributed by atoms with van der Waals surface area (Å²) >= 11 is 0. The fourth-order valence-electron chi connectivity index (χ4n) is 0.0779. The van der Waals surface area contributed by atoms with Crippen molar-refractivity contribution < 1.29 is 9.59 Å². The molecule has 56 valence electrons. The molecule has 0 aromatic carbocycles. The van der Waals surface area contributed by atoms with Crippen LogP contribution in [0, 0.1) is 11.3 Å². The third-order valence-electron chi connectivity index (χ3n) is 0.253. The molecule has 0 saturated carbocycles. The van der Waals surface area contributed by atoms with Crippen molar-refractivity contribution in [3.63, 3.8) is 0 Å². The summed E-state index contributed by atoms with van der Waals surface area (Å²) in [6.45, 7) is 1.31. The van der Waals surface area contributed by atoms with Crippen LogP contribution in [0.4, 0.5) is 0 Å². The van der Waals surface area contributed by atoms with E-state index < -0.39 is 5.91 Å². The molecule has 0 atom stereocenters. The highest BCUT2D eigenvalue weighted by Gasteiger charge is 1.84. The molecular weight excluding hydrogens is 134 g/mol. The fraction of sp³-hybridized carbons (Fsp3) is 0.400. The van der Waals surface area contributed by atoms with Gasteiger partial charge in [-0.05, 0) is 0 Å². The lowest BCUT2D eigenvalue weighted by atomic mass is 10.5. The van der Waals surface area contributed by atoms with Crippen LogP contribution >= 0.6 is 0 Å². The number of carbonyl (C=O) groups is 2. The van der Waals surface area contributed by atoms with Gasteiger partial charge in [-0.3, -0.25) is 9.59 Å². The number of hydrogen-bond acceptors (Lipinski definition) is 3. The molecule has 0 aliphatic rings. The van der Waals surface area contributed by atoms with Crippen LogP contribution in [-0.2, 0) is 9.59 Å². The summed E-state index contributed by atoms with van der Waals surface area (Å²) in [4.78, 5) is 18.8. The zero-order valence-electron chi connectivity index (χ0n) is 5.63. The van der Waals surface area contributed by atoms with Gasteiger partial charge in [0, 0.05) is 6.92 Å². The van der Waals surface area contributed by atoms with Gasteiger partial charge in [0.25, 0.3) is 0 Å². The molecule has 0 saturated heterocycles. The Hall–Kier alpha value is -1.57. The molecule has 2 amide bonds. The Morgan fingerprint density at radius 3 is 1.80 bits per heavy atom. The van der Waals surface area contributed by atoms with E-state index in [4.69, 9.17) is 5.26 Å². The predicted molar refractivity (Wildman–Crippen MR) is 34.3 cm³/mol. The molecule has 5 nitrogen and oxygen atoms in total. The van der Waals surface area contributed by atoms with Gasteiger partial charge in [0.2, 0.25) is 11.8 Å². The van der Waals surface area contributed by atoms with Crippen molar-refractivity contribution in [3.8, 4) is 6.07 Å². The molecule has 0 aromatic rings. The van der Waals surface area contributed by atoms with Crippen LogP contribution in [0.15, 0.2) is 0 Å². The number of nitriles is 1. The van der Waals surface area contributed by atoms with E-state index in [9.17, 15) is 9.59 Å². The highest BCUT2D eigenvalue weighted by atomic mass is 16.1.